The maximum absolute atomic E-state index is 12.3. The van der Waals surface area contributed by atoms with E-state index in [1.165, 1.54) is 0 Å². The van der Waals surface area contributed by atoms with E-state index in [0.29, 0.717) is 24.4 Å². The van der Waals surface area contributed by atoms with Crippen molar-refractivity contribution < 1.29 is 36.5 Å². The number of fused-ring (bicyclic) bond motifs is 2. The van der Waals surface area contributed by atoms with E-state index < -0.39 is 52.5 Å². The third kappa shape index (κ3) is 3.88. The lowest BCUT2D eigenvalue weighted by Crippen LogP contribution is -2.50. The first kappa shape index (κ1) is 18.8. The van der Waals surface area contributed by atoms with Gasteiger partial charge in [0.05, 0.1) is 18.2 Å². The molecular formula is C12H19N5O8S. The van der Waals surface area contributed by atoms with E-state index in [1.807, 2.05) is 0 Å². The number of hydroxylamine groups is 3. The highest BCUT2D eigenvalue weighted by molar-refractivity contribution is 7.80. The van der Waals surface area contributed by atoms with Gasteiger partial charge >= 0.3 is 16.4 Å². The Bertz CT molecular complexity index is 714. The Hall–Kier alpha value is -2.00. The number of primary amides is 1. The molecule has 3 aliphatic heterocycles. The van der Waals surface area contributed by atoms with Crippen LogP contribution in [0.5, 0.6) is 0 Å². The zero-order valence-corrected chi connectivity index (χ0v) is 14.3. The van der Waals surface area contributed by atoms with Gasteiger partial charge in [0.15, 0.2) is 0 Å². The summed E-state index contributed by atoms with van der Waals surface area (Å²) in [5.74, 6) is -1.09. The lowest BCUT2D eigenvalue weighted by molar-refractivity contribution is -0.143. The summed E-state index contributed by atoms with van der Waals surface area (Å²) in [4.78, 5) is 42.0. The second-order valence-electron chi connectivity index (χ2n) is 6.32. The van der Waals surface area contributed by atoms with Gasteiger partial charge < -0.3 is 16.0 Å². The highest BCUT2D eigenvalue weighted by Gasteiger charge is 2.49. The number of carbonyl (C=O) groups excluding carboxylic acids is 3. The molecule has 3 fully saturated rings. The first-order valence-electron chi connectivity index (χ1n) is 7.90. The van der Waals surface area contributed by atoms with Crippen molar-refractivity contribution in [2.24, 2.45) is 5.73 Å². The topological polar surface area (TPSA) is 181 Å². The molecule has 0 saturated carbocycles. The fourth-order valence-corrected chi connectivity index (χ4v) is 3.71. The lowest BCUT2D eigenvalue weighted by Gasteiger charge is -2.29. The predicted molar refractivity (Wildman–Crippen MR) is 82.0 cm³/mol. The third-order valence-electron chi connectivity index (χ3n) is 4.56. The highest BCUT2D eigenvalue weighted by atomic mass is 32.3. The summed E-state index contributed by atoms with van der Waals surface area (Å²) >= 11 is 0. The minimum absolute atomic E-state index is 0.0845. The van der Waals surface area contributed by atoms with E-state index in [1.54, 1.807) is 0 Å². The largest absolute Gasteiger partial charge is 0.418 e. The van der Waals surface area contributed by atoms with Crippen molar-refractivity contribution in [1.82, 2.24) is 20.8 Å². The molecule has 146 valence electrons. The Balaban J connectivity index is 1.55. The quantitative estimate of drug-likeness (QED) is 0.275. The number of rotatable bonds is 6. The van der Waals surface area contributed by atoms with Crippen LogP contribution in [0.15, 0.2) is 0 Å². The first-order valence-corrected chi connectivity index (χ1v) is 9.27. The van der Waals surface area contributed by atoms with Crippen molar-refractivity contribution in [3.63, 3.8) is 0 Å². The SMILES string of the molecule is NC(=O)C1CC(ONC(=O)[C@H]2CC[C@H]3CN2C(=O)N3OS(=O)(=O)O)CN1. The standard InChI is InChI=1S/C12H19N5O8S/c13-10(18)8-3-7(4-14-8)24-15-11(19)9-2-1-6-5-16(9)12(20)17(6)25-26(21,22)23/h6-9,14H,1-5H2,(H2,13,18)(H,15,19)(H,21,22,23)/t6-,7?,8?,9+/m0/s1. The minimum Gasteiger partial charge on any atom is -0.368 e. The Labute approximate surface area is 148 Å². The van der Waals surface area contributed by atoms with Crippen LogP contribution in [0.3, 0.4) is 0 Å². The van der Waals surface area contributed by atoms with Crippen LogP contribution < -0.4 is 16.5 Å². The average Bonchev–Trinajstić information content (AvgIpc) is 3.12. The zero-order valence-electron chi connectivity index (χ0n) is 13.5. The van der Waals surface area contributed by atoms with Gasteiger partial charge in [0.2, 0.25) is 5.91 Å². The van der Waals surface area contributed by atoms with Gasteiger partial charge in [0.1, 0.15) is 6.04 Å². The molecule has 0 aromatic heterocycles. The second-order valence-corrected chi connectivity index (χ2v) is 7.32. The second kappa shape index (κ2) is 6.96. The van der Waals surface area contributed by atoms with Crippen molar-refractivity contribution in [1.29, 1.82) is 0 Å². The molecule has 4 atom stereocenters. The van der Waals surface area contributed by atoms with Crippen molar-refractivity contribution in [2.45, 2.75) is 43.5 Å². The molecule has 4 amide bonds. The van der Waals surface area contributed by atoms with Crippen LogP contribution >= 0.6 is 0 Å². The molecule has 3 aliphatic rings. The summed E-state index contributed by atoms with van der Waals surface area (Å²) in [5, 5.41) is 3.41. The number of urea groups is 1. The summed E-state index contributed by atoms with van der Waals surface area (Å²) in [6.45, 7) is 0.417. The number of nitrogens with one attached hydrogen (secondary N) is 2. The summed E-state index contributed by atoms with van der Waals surface area (Å²) in [5.41, 5.74) is 7.45. The van der Waals surface area contributed by atoms with Crippen LogP contribution in [0.4, 0.5) is 4.79 Å². The van der Waals surface area contributed by atoms with E-state index in [9.17, 15) is 22.8 Å². The van der Waals surface area contributed by atoms with Crippen LogP contribution in [-0.2, 0) is 29.1 Å². The summed E-state index contributed by atoms with van der Waals surface area (Å²) < 4.78 is 34.7. The summed E-state index contributed by atoms with van der Waals surface area (Å²) in [7, 11) is -4.84. The molecule has 26 heavy (non-hydrogen) atoms. The molecule has 0 aromatic carbocycles. The molecule has 0 spiro atoms. The number of piperidine rings is 1. The highest BCUT2D eigenvalue weighted by Crippen LogP contribution is 2.30. The Morgan fingerprint density at radius 1 is 1.35 bits per heavy atom. The van der Waals surface area contributed by atoms with Crippen molar-refractivity contribution in [3.05, 3.63) is 0 Å². The van der Waals surface area contributed by atoms with Crippen molar-refractivity contribution in [3.8, 4) is 0 Å². The van der Waals surface area contributed by atoms with Crippen molar-refractivity contribution >= 4 is 28.2 Å². The minimum atomic E-state index is -4.84. The lowest BCUT2D eigenvalue weighted by atomic mass is 10.0. The molecule has 2 bridgehead atoms. The average molecular weight is 393 g/mol. The van der Waals surface area contributed by atoms with Crippen molar-refractivity contribution in [2.75, 3.05) is 13.1 Å². The van der Waals surface area contributed by atoms with Gasteiger partial charge in [-0.15, -0.1) is 4.28 Å². The fourth-order valence-electron chi connectivity index (χ4n) is 3.32. The molecule has 0 radical (unpaired) electrons. The van der Waals surface area contributed by atoms with Crippen LogP contribution in [0.25, 0.3) is 0 Å². The van der Waals surface area contributed by atoms with Gasteiger partial charge in [-0.25, -0.2) is 10.3 Å². The van der Waals surface area contributed by atoms with Gasteiger partial charge in [-0.3, -0.25) is 19.0 Å². The number of amides is 4. The monoisotopic (exact) mass is 393 g/mol. The van der Waals surface area contributed by atoms with Gasteiger partial charge in [-0.1, -0.05) is 0 Å². The molecule has 3 heterocycles. The Morgan fingerprint density at radius 2 is 2.08 bits per heavy atom. The number of nitrogens with zero attached hydrogens (tertiary/aromatic N) is 2. The molecule has 5 N–H and O–H groups in total. The molecule has 14 heteroatoms. The maximum Gasteiger partial charge on any atom is 0.418 e. The van der Waals surface area contributed by atoms with Gasteiger partial charge in [-0.05, 0) is 12.8 Å². The van der Waals surface area contributed by atoms with E-state index in [4.69, 9.17) is 15.1 Å². The van der Waals surface area contributed by atoms with Gasteiger partial charge in [0, 0.05) is 19.5 Å². The van der Waals surface area contributed by atoms with Crippen LogP contribution in [0.1, 0.15) is 19.3 Å². The van der Waals surface area contributed by atoms with Crippen LogP contribution in [-0.4, -0.2) is 78.1 Å². The number of carbonyl (C=O) groups is 3. The van der Waals surface area contributed by atoms with E-state index in [0.717, 1.165) is 4.90 Å². The Kier molecular flexibility index (Phi) is 5.03. The van der Waals surface area contributed by atoms with E-state index >= 15 is 0 Å². The molecule has 2 unspecified atom stereocenters. The Morgan fingerprint density at radius 3 is 2.69 bits per heavy atom. The number of nitrogens with two attached hydrogens (primary N) is 1. The maximum atomic E-state index is 12.3. The molecule has 3 rings (SSSR count). The molecule has 3 saturated heterocycles. The first-order chi connectivity index (χ1) is 12.2. The smallest absolute Gasteiger partial charge is 0.368 e. The third-order valence-corrected chi connectivity index (χ3v) is 4.91. The van der Waals surface area contributed by atoms with Crippen LogP contribution in [0, 0.1) is 0 Å². The zero-order chi connectivity index (χ0) is 19.1. The molecular weight excluding hydrogens is 374 g/mol. The number of hydrogen-bond donors (Lipinski definition) is 4. The van der Waals surface area contributed by atoms with Gasteiger partial charge in [-0.2, -0.15) is 13.5 Å². The summed E-state index contributed by atoms with van der Waals surface area (Å²) in [6, 6.07) is -2.81. The molecule has 0 aromatic rings. The fraction of sp³-hybridized carbons (Fsp3) is 0.750. The van der Waals surface area contributed by atoms with Crippen LogP contribution in [0.2, 0.25) is 0 Å². The van der Waals surface area contributed by atoms with E-state index in [-0.39, 0.29) is 13.0 Å². The summed E-state index contributed by atoms with van der Waals surface area (Å²) in [6.07, 6.45) is 0.441. The van der Waals surface area contributed by atoms with E-state index in [2.05, 4.69) is 15.1 Å². The molecule has 13 nitrogen and oxygen atoms in total. The molecule has 0 aliphatic carbocycles. The van der Waals surface area contributed by atoms with Gasteiger partial charge in [0.25, 0.3) is 5.91 Å². The normalized spacial score (nSPS) is 31.3. The predicted octanol–water partition coefficient (Wildman–Crippen LogP) is -2.75. The number of hydrogen-bond acceptors (Lipinski definition) is 8.